The van der Waals surface area contributed by atoms with Crippen LogP contribution in [0, 0.1) is 0 Å². The Kier molecular flexibility index (Phi) is 7.74. The molecule has 0 aliphatic carbocycles. The summed E-state index contributed by atoms with van der Waals surface area (Å²) in [4.78, 5) is 35.4. The van der Waals surface area contributed by atoms with Gasteiger partial charge >= 0.3 is 5.97 Å². The van der Waals surface area contributed by atoms with Gasteiger partial charge in [-0.3, -0.25) is 4.79 Å². The zero-order chi connectivity index (χ0) is 26.6. The van der Waals surface area contributed by atoms with Crippen LogP contribution in [-0.2, 0) is 20.9 Å². The van der Waals surface area contributed by atoms with Gasteiger partial charge in [0.15, 0.2) is 16.7 Å². The lowest BCUT2D eigenvalue weighted by Gasteiger charge is -2.36. The fourth-order valence-corrected chi connectivity index (χ4v) is 5.97. The van der Waals surface area contributed by atoms with Gasteiger partial charge in [0.25, 0.3) is 0 Å². The van der Waals surface area contributed by atoms with Crippen LogP contribution in [-0.4, -0.2) is 54.2 Å². The van der Waals surface area contributed by atoms with Crippen molar-refractivity contribution in [3.05, 3.63) is 82.0 Å². The molecule has 3 heterocycles. The maximum Gasteiger partial charge on any atom is 0.338 e. The number of allylic oxidation sites excluding steroid dienone is 1. The molecule has 0 N–H and O–H groups in total. The number of methoxy groups -OCH3 is 2. The Balaban J connectivity index is 1.51. The molecule has 1 amide bonds. The number of fused-ring (bicyclic) bond motifs is 1. The van der Waals surface area contributed by atoms with Gasteiger partial charge < -0.3 is 24.0 Å². The van der Waals surface area contributed by atoms with E-state index >= 15 is 0 Å². The zero-order valence-electron chi connectivity index (χ0n) is 21.8. The molecule has 0 aromatic heterocycles. The van der Waals surface area contributed by atoms with Crippen LogP contribution in [0.2, 0.25) is 0 Å². The van der Waals surface area contributed by atoms with Crippen molar-refractivity contribution in [3.8, 4) is 11.5 Å². The van der Waals surface area contributed by atoms with Gasteiger partial charge in [-0.1, -0.05) is 48.2 Å². The number of carbonyl (C=O) groups is 2. The molecule has 0 spiro atoms. The lowest BCUT2D eigenvalue weighted by atomic mass is 9.93. The summed E-state index contributed by atoms with van der Waals surface area (Å²) in [7, 11) is 3.17. The molecule has 1 fully saturated rings. The maximum atomic E-state index is 13.6. The molecule has 1 unspecified atom stereocenters. The summed E-state index contributed by atoms with van der Waals surface area (Å²) >= 11 is 1.46. The fourth-order valence-electron chi connectivity index (χ4n) is 5.00. The minimum Gasteiger partial charge on any atom is -0.493 e. The van der Waals surface area contributed by atoms with Gasteiger partial charge in [-0.15, -0.1) is 0 Å². The Morgan fingerprint density at radius 2 is 1.76 bits per heavy atom. The molecule has 0 bridgehead atoms. The number of aliphatic imine (C=N–C) groups is 1. The van der Waals surface area contributed by atoms with Crippen LogP contribution >= 0.6 is 11.8 Å². The lowest BCUT2D eigenvalue weighted by Crippen LogP contribution is -2.38. The van der Waals surface area contributed by atoms with Crippen LogP contribution in [0.5, 0.6) is 11.5 Å². The molecule has 2 aromatic rings. The average Bonchev–Trinajstić information content (AvgIpc) is 3.62. The van der Waals surface area contributed by atoms with Crippen molar-refractivity contribution < 1.29 is 23.8 Å². The highest BCUT2D eigenvalue weighted by molar-refractivity contribution is 8.16. The number of amides is 1. The maximum absolute atomic E-state index is 13.6. The molecule has 3 aliphatic heterocycles. The van der Waals surface area contributed by atoms with Crippen molar-refractivity contribution in [2.45, 2.75) is 38.8 Å². The molecule has 2 aromatic carbocycles. The Hall–Kier alpha value is -3.72. The van der Waals surface area contributed by atoms with Crippen LogP contribution in [0.15, 0.2) is 75.9 Å². The molecule has 8 nitrogen and oxygen atoms in total. The predicted octanol–water partition coefficient (Wildman–Crippen LogP) is 5.03. The van der Waals surface area contributed by atoms with Crippen molar-refractivity contribution in [1.82, 2.24) is 9.80 Å². The van der Waals surface area contributed by atoms with Gasteiger partial charge in [0.1, 0.15) is 6.61 Å². The van der Waals surface area contributed by atoms with E-state index in [1.807, 2.05) is 70.7 Å². The first-order valence-electron chi connectivity index (χ1n) is 12.6. The molecule has 1 saturated heterocycles. The third-order valence-electron chi connectivity index (χ3n) is 6.95. The van der Waals surface area contributed by atoms with Gasteiger partial charge in [-0.05, 0) is 48.4 Å². The second-order valence-corrected chi connectivity index (χ2v) is 10.2. The second-order valence-electron chi connectivity index (χ2n) is 9.33. The predicted molar refractivity (Wildman–Crippen MR) is 147 cm³/mol. The number of nitrogens with zero attached hydrogens (tertiary/aromatic N) is 3. The topological polar surface area (TPSA) is 80.7 Å². The van der Waals surface area contributed by atoms with Gasteiger partial charge in [0.2, 0.25) is 5.91 Å². The van der Waals surface area contributed by atoms with Crippen LogP contribution in [0.4, 0.5) is 0 Å². The summed E-state index contributed by atoms with van der Waals surface area (Å²) in [6, 6.07) is 14.6. The van der Waals surface area contributed by atoms with E-state index in [4.69, 9.17) is 19.2 Å². The van der Waals surface area contributed by atoms with Crippen LogP contribution in [0.25, 0.3) is 0 Å². The van der Waals surface area contributed by atoms with Crippen molar-refractivity contribution in [2.24, 2.45) is 4.99 Å². The molecule has 0 radical (unpaired) electrons. The number of hydrogen-bond donors (Lipinski definition) is 0. The number of thioether (sulfide) groups is 1. The Bertz CT molecular complexity index is 1310. The van der Waals surface area contributed by atoms with Crippen molar-refractivity contribution >= 4 is 28.8 Å². The molecule has 1 atom stereocenters. The van der Waals surface area contributed by atoms with Crippen LogP contribution in [0.3, 0.4) is 0 Å². The molecule has 5 rings (SSSR count). The third kappa shape index (κ3) is 5.15. The lowest BCUT2D eigenvalue weighted by molar-refractivity contribution is -0.141. The Morgan fingerprint density at radius 3 is 2.47 bits per heavy atom. The number of esters is 1. The van der Waals surface area contributed by atoms with Crippen molar-refractivity contribution in [3.63, 3.8) is 0 Å². The highest BCUT2D eigenvalue weighted by Crippen LogP contribution is 2.46. The highest BCUT2D eigenvalue weighted by atomic mass is 32.2. The normalized spacial score (nSPS) is 18.7. The first-order valence-corrected chi connectivity index (χ1v) is 13.5. The Morgan fingerprint density at radius 1 is 1.03 bits per heavy atom. The Labute approximate surface area is 226 Å². The van der Waals surface area contributed by atoms with Gasteiger partial charge in [0, 0.05) is 18.8 Å². The number of carbonyl (C=O) groups excluding carboxylic acids is 2. The van der Waals surface area contributed by atoms with Crippen LogP contribution < -0.4 is 9.47 Å². The van der Waals surface area contributed by atoms with E-state index in [0.29, 0.717) is 22.8 Å². The minimum absolute atomic E-state index is 0.0844. The number of likely N-dealkylation sites (tertiary alicyclic amines) is 1. The van der Waals surface area contributed by atoms with Crippen LogP contribution in [0.1, 0.15) is 43.4 Å². The molecule has 198 valence electrons. The van der Waals surface area contributed by atoms with E-state index in [1.165, 1.54) is 11.8 Å². The molecule has 9 heteroatoms. The largest absolute Gasteiger partial charge is 0.493 e. The minimum atomic E-state index is -0.543. The monoisotopic (exact) mass is 533 g/mol. The van der Waals surface area contributed by atoms with E-state index in [2.05, 4.69) is 0 Å². The van der Waals surface area contributed by atoms with Crippen molar-refractivity contribution in [1.29, 1.82) is 0 Å². The fraction of sp³-hybridized carbons (Fsp3) is 0.345. The number of hydrogen-bond acceptors (Lipinski definition) is 8. The summed E-state index contributed by atoms with van der Waals surface area (Å²) < 4.78 is 16.8. The number of rotatable bonds is 8. The van der Waals surface area contributed by atoms with E-state index < -0.39 is 12.0 Å². The molecule has 0 saturated carbocycles. The van der Waals surface area contributed by atoms with E-state index in [9.17, 15) is 9.59 Å². The number of benzene rings is 2. The summed E-state index contributed by atoms with van der Waals surface area (Å²) in [5.41, 5.74) is 3.53. The molecule has 3 aliphatic rings. The number of amidine groups is 1. The van der Waals surface area contributed by atoms with Crippen molar-refractivity contribution in [2.75, 3.05) is 27.3 Å². The smallest absolute Gasteiger partial charge is 0.338 e. The highest BCUT2D eigenvalue weighted by Gasteiger charge is 2.42. The molecule has 38 heavy (non-hydrogen) atoms. The average molecular weight is 534 g/mol. The SMILES string of the molecule is COc1ccc(C2C(C(=O)OCc3ccccc3)=C(C)N=C3SC=C(CC(=O)N4CCCC4)N32)cc1OC. The first-order chi connectivity index (χ1) is 18.5. The van der Waals surface area contributed by atoms with E-state index in [0.717, 1.165) is 47.9 Å². The van der Waals surface area contributed by atoms with Gasteiger partial charge in [0.05, 0.1) is 38.0 Å². The molecular weight excluding hydrogens is 502 g/mol. The summed E-state index contributed by atoms with van der Waals surface area (Å²) in [5, 5.41) is 2.69. The standard InChI is InChI=1S/C29H31N3O5S/c1-19-26(28(34)37-17-20-9-5-4-6-10-20)27(21-11-12-23(35-2)24(15-21)36-3)32-22(18-38-29(32)30-19)16-25(33)31-13-7-8-14-31/h4-6,9-12,15,18,27H,7-8,13-14,16-17H2,1-3H3. The van der Waals surface area contributed by atoms with E-state index in [1.54, 1.807) is 14.2 Å². The number of ether oxygens (including phenoxy) is 3. The van der Waals surface area contributed by atoms with Gasteiger partial charge in [-0.2, -0.15) is 0 Å². The second kappa shape index (κ2) is 11.3. The third-order valence-corrected chi connectivity index (χ3v) is 7.84. The summed E-state index contributed by atoms with van der Waals surface area (Å²) in [6.07, 6.45) is 2.30. The van der Waals surface area contributed by atoms with E-state index in [-0.39, 0.29) is 18.9 Å². The summed E-state index contributed by atoms with van der Waals surface area (Å²) in [6.45, 7) is 3.55. The zero-order valence-corrected chi connectivity index (χ0v) is 22.6. The summed E-state index contributed by atoms with van der Waals surface area (Å²) in [5.74, 6) is 0.775. The molecular formula is C29H31N3O5S. The first kappa shape index (κ1) is 25.9. The van der Waals surface area contributed by atoms with Gasteiger partial charge in [-0.25, -0.2) is 9.79 Å². The quantitative estimate of drug-likeness (QED) is 0.440.